The van der Waals surface area contributed by atoms with Gasteiger partial charge in [-0.05, 0) is 49.4 Å². The fourth-order valence-electron chi connectivity index (χ4n) is 2.34. The molecule has 0 saturated heterocycles. The molecule has 2 aromatic carbocycles. The topological polar surface area (TPSA) is 90.9 Å². The first-order valence-corrected chi connectivity index (χ1v) is 8.59. The van der Waals surface area contributed by atoms with Crippen LogP contribution in [0.2, 0.25) is 0 Å². The van der Waals surface area contributed by atoms with Crippen LogP contribution in [0, 0.1) is 0 Å². The molecule has 7 nitrogen and oxygen atoms in total. The largest absolute Gasteiger partial charge is 0.490 e. The van der Waals surface area contributed by atoms with Gasteiger partial charge in [0.05, 0.1) is 12.2 Å². The highest BCUT2D eigenvalue weighted by Crippen LogP contribution is 2.30. The third kappa shape index (κ3) is 6.56. The van der Waals surface area contributed by atoms with Crippen molar-refractivity contribution in [3.8, 4) is 11.5 Å². The Balaban J connectivity index is 2.01. The minimum absolute atomic E-state index is 0.0175. The molecule has 0 spiro atoms. The number of rotatable bonds is 9. The van der Waals surface area contributed by atoms with Crippen LogP contribution in [0.5, 0.6) is 11.5 Å². The average Bonchev–Trinajstić information content (AvgIpc) is 2.67. The summed E-state index contributed by atoms with van der Waals surface area (Å²) in [6.45, 7) is -0.376. The molecule has 2 aromatic rings. The lowest BCUT2D eigenvalue weighted by molar-refractivity contribution is -0.114. The summed E-state index contributed by atoms with van der Waals surface area (Å²) in [4.78, 5) is 35.3. The van der Waals surface area contributed by atoms with E-state index in [1.807, 2.05) is 0 Å². The second-order valence-electron chi connectivity index (χ2n) is 5.73. The number of Topliss-reactive ketones (excluding diaryl/α,β-unsaturated/α-hetero) is 1. The third-order valence-corrected chi connectivity index (χ3v) is 3.56. The van der Waals surface area contributed by atoms with Crippen molar-refractivity contribution in [1.82, 2.24) is 0 Å². The molecule has 1 amide bonds. The Hall–Kier alpha value is -3.49. The number of carbonyl (C=O) groups is 3. The number of benzene rings is 2. The standard InChI is InChI=1S/C20H19F2NO6/c1-3-27-18-10-14(6-9-17(18)29-20(21)22)19(26)28-11-16(25)13-4-7-15(8-5-13)23-12(2)24/h4-10,20H,3,11H2,1-2H3,(H,23,24). The predicted molar refractivity (Wildman–Crippen MR) is 99.6 cm³/mol. The number of esters is 1. The molecule has 0 radical (unpaired) electrons. The van der Waals surface area contributed by atoms with Gasteiger partial charge in [0, 0.05) is 18.2 Å². The van der Waals surface area contributed by atoms with Crippen molar-refractivity contribution >= 4 is 23.3 Å². The molecular formula is C20H19F2NO6. The summed E-state index contributed by atoms with van der Waals surface area (Å²) in [6.07, 6.45) is 0. The van der Waals surface area contributed by atoms with Crippen LogP contribution in [0.1, 0.15) is 34.6 Å². The SMILES string of the molecule is CCOc1cc(C(=O)OCC(=O)c2ccc(NC(C)=O)cc2)ccc1OC(F)F. The molecule has 9 heteroatoms. The second-order valence-corrected chi connectivity index (χ2v) is 5.73. The van der Waals surface area contributed by atoms with E-state index in [0.29, 0.717) is 11.3 Å². The quantitative estimate of drug-likeness (QED) is 0.504. The maximum Gasteiger partial charge on any atom is 0.387 e. The number of ether oxygens (including phenoxy) is 3. The van der Waals surface area contributed by atoms with E-state index >= 15 is 0 Å². The molecule has 1 N–H and O–H groups in total. The van der Waals surface area contributed by atoms with Gasteiger partial charge in [-0.15, -0.1) is 0 Å². The van der Waals surface area contributed by atoms with E-state index in [-0.39, 0.29) is 29.6 Å². The molecule has 154 valence electrons. The highest BCUT2D eigenvalue weighted by molar-refractivity contribution is 6.00. The molecule has 2 rings (SSSR count). The highest BCUT2D eigenvalue weighted by atomic mass is 19.3. The molecule has 0 bridgehead atoms. The monoisotopic (exact) mass is 407 g/mol. The van der Waals surface area contributed by atoms with Gasteiger partial charge in [0.1, 0.15) is 0 Å². The average molecular weight is 407 g/mol. The molecular weight excluding hydrogens is 388 g/mol. The third-order valence-electron chi connectivity index (χ3n) is 3.56. The summed E-state index contributed by atoms with van der Waals surface area (Å²) in [5.74, 6) is -1.77. The van der Waals surface area contributed by atoms with Gasteiger partial charge < -0.3 is 19.5 Å². The lowest BCUT2D eigenvalue weighted by atomic mass is 10.1. The van der Waals surface area contributed by atoms with Crippen molar-refractivity contribution in [2.75, 3.05) is 18.5 Å². The number of carbonyl (C=O) groups excluding carboxylic acids is 3. The summed E-state index contributed by atoms with van der Waals surface area (Å²) < 4.78 is 39.4. The van der Waals surface area contributed by atoms with Gasteiger partial charge in [0.25, 0.3) is 0 Å². The Morgan fingerprint density at radius 3 is 2.24 bits per heavy atom. The van der Waals surface area contributed by atoms with Gasteiger partial charge in [-0.25, -0.2) is 4.79 Å². The number of nitrogens with one attached hydrogen (secondary N) is 1. The van der Waals surface area contributed by atoms with Crippen molar-refractivity contribution in [3.63, 3.8) is 0 Å². The Kier molecular flexibility index (Phi) is 7.64. The van der Waals surface area contributed by atoms with Crippen molar-refractivity contribution < 1.29 is 37.4 Å². The maximum absolute atomic E-state index is 12.4. The zero-order valence-corrected chi connectivity index (χ0v) is 15.7. The Bertz CT molecular complexity index is 883. The van der Waals surface area contributed by atoms with Gasteiger partial charge in [-0.3, -0.25) is 9.59 Å². The first kappa shape index (κ1) is 21.8. The number of ketones is 1. The first-order valence-electron chi connectivity index (χ1n) is 8.59. The van der Waals surface area contributed by atoms with Crippen molar-refractivity contribution in [2.45, 2.75) is 20.5 Å². The fraction of sp³-hybridized carbons (Fsp3) is 0.250. The molecule has 0 unspecified atom stereocenters. The predicted octanol–water partition coefficient (Wildman–Crippen LogP) is 3.68. The number of hydrogen-bond acceptors (Lipinski definition) is 6. The van der Waals surface area contributed by atoms with E-state index in [4.69, 9.17) is 9.47 Å². The molecule has 0 aromatic heterocycles. The molecule has 0 aliphatic rings. The van der Waals surface area contributed by atoms with Crippen LogP contribution in [0.25, 0.3) is 0 Å². The highest BCUT2D eigenvalue weighted by Gasteiger charge is 2.17. The number of hydrogen-bond donors (Lipinski definition) is 1. The van der Waals surface area contributed by atoms with Crippen LogP contribution in [0.4, 0.5) is 14.5 Å². The van der Waals surface area contributed by atoms with Crippen LogP contribution in [-0.2, 0) is 9.53 Å². The minimum Gasteiger partial charge on any atom is -0.490 e. The van der Waals surface area contributed by atoms with E-state index in [1.54, 1.807) is 19.1 Å². The number of anilines is 1. The molecule has 0 atom stereocenters. The van der Waals surface area contributed by atoms with E-state index in [9.17, 15) is 23.2 Å². The van der Waals surface area contributed by atoms with Crippen molar-refractivity contribution in [3.05, 3.63) is 53.6 Å². The van der Waals surface area contributed by atoms with Crippen LogP contribution >= 0.6 is 0 Å². The fourth-order valence-corrected chi connectivity index (χ4v) is 2.34. The molecule has 0 aliphatic heterocycles. The number of halogens is 2. The lowest BCUT2D eigenvalue weighted by Gasteiger charge is -2.12. The zero-order chi connectivity index (χ0) is 21.4. The van der Waals surface area contributed by atoms with Crippen molar-refractivity contribution in [2.24, 2.45) is 0 Å². The Labute approximate surface area is 165 Å². The van der Waals surface area contributed by atoms with E-state index in [1.165, 1.54) is 31.2 Å². The van der Waals surface area contributed by atoms with E-state index in [0.717, 1.165) is 6.07 Å². The van der Waals surface area contributed by atoms with Gasteiger partial charge in [-0.1, -0.05) is 0 Å². The van der Waals surface area contributed by atoms with Crippen LogP contribution in [0.15, 0.2) is 42.5 Å². The molecule has 0 saturated carbocycles. The van der Waals surface area contributed by atoms with Crippen LogP contribution < -0.4 is 14.8 Å². The summed E-state index contributed by atoms with van der Waals surface area (Å²) in [5, 5.41) is 2.57. The van der Waals surface area contributed by atoms with Gasteiger partial charge in [-0.2, -0.15) is 8.78 Å². The minimum atomic E-state index is -3.04. The van der Waals surface area contributed by atoms with Gasteiger partial charge in [0.2, 0.25) is 5.91 Å². The van der Waals surface area contributed by atoms with Crippen LogP contribution in [-0.4, -0.2) is 37.5 Å². The van der Waals surface area contributed by atoms with E-state index in [2.05, 4.69) is 10.1 Å². The molecule has 0 fully saturated rings. The molecule has 0 aliphatic carbocycles. The molecule has 0 heterocycles. The van der Waals surface area contributed by atoms with Crippen LogP contribution in [0.3, 0.4) is 0 Å². The number of amides is 1. The summed E-state index contributed by atoms with van der Waals surface area (Å²) in [6, 6.07) is 9.68. The summed E-state index contributed by atoms with van der Waals surface area (Å²) >= 11 is 0. The smallest absolute Gasteiger partial charge is 0.387 e. The summed E-state index contributed by atoms with van der Waals surface area (Å²) in [5.41, 5.74) is 0.840. The zero-order valence-electron chi connectivity index (χ0n) is 15.7. The summed E-state index contributed by atoms with van der Waals surface area (Å²) in [7, 11) is 0. The lowest BCUT2D eigenvalue weighted by Crippen LogP contribution is -2.15. The van der Waals surface area contributed by atoms with Crippen molar-refractivity contribution in [1.29, 1.82) is 0 Å². The Morgan fingerprint density at radius 2 is 1.66 bits per heavy atom. The van der Waals surface area contributed by atoms with Gasteiger partial charge >= 0.3 is 12.6 Å². The number of alkyl halides is 2. The first-order chi connectivity index (χ1) is 13.8. The normalized spacial score (nSPS) is 10.4. The Morgan fingerprint density at radius 1 is 1.00 bits per heavy atom. The van der Waals surface area contributed by atoms with Gasteiger partial charge in [0.15, 0.2) is 23.9 Å². The van der Waals surface area contributed by atoms with E-state index < -0.39 is 25.0 Å². The maximum atomic E-state index is 12.4. The second kappa shape index (κ2) is 10.2. The molecule has 29 heavy (non-hydrogen) atoms.